The van der Waals surface area contributed by atoms with Crippen molar-refractivity contribution in [2.75, 3.05) is 0 Å². The van der Waals surface area contributed by atoms with Crippen LogP contribution in [0.2, 0.25) is 0 Å². The summed E-state index contributed by atoms with van der Waals surface area (Å²) in [5.41, 5.74) is 2.04. The zero-order chi connectivity index (χ0) is 13.9. The van der Waals surface area contributed by atoms with Gasteiger partial charge in [0.25, 0.3) is 0 Å². The first kappa shape index (κ1) is 13.5. The van der Waals surface area contributed by atoms with Crippen molar-refractivity contribution in [3.63, 3.8) is 0 Å². The first-order chi connectivity index (χ1) is 9.95. The van der Waals surface area contributed by atoms with Crippen molar-refractivity contribution < 1.29 is 0 Å². The fourth-order valence-electron chi connectivity index (χ4n) is 1.50. The van der Waals surface area contributed by atoms with E-state index in [0.29, 0.717) is 0 Å². The highest BCUT2D eigenvalue weighted by Gasteiger charge is 1.79. The molecule has 0 aliphatic carbocycles. The molecule has 0 unspecified atom stereocenters. The molecule has 0 heteroatoms. The molecule has 0 saturated heterocycles. The summed E-state index contributed by atoms with van der Waals surface area (Å²) in [5.74, 6) is 12.1. The highest BCUT2D eigenvalue weighted by molar-refractivity contribution is 5.39. The van der Waals surface area contributed by atoms with E-state index in [1.165, 1.54) is 0 Å². The van der Waals surface area contributed by atoms with Crippen LogP contribution in [0.1, 0.15) is 11.1 Å². The lowest BCUT2D eigenvalue weighted by molar-refractivity contribution is 1.65. The summed E-state index contributed by atoms with van der Waals surface area (Å²) in [6.45, 7) is 0. The highest BCUT2D eigenvalue weighted by atomic mass is 13.8. The molecule has 0 aliphatic heterocycles. The standard InChI is InChI=1S/C20H14/c1(3-7-13-19-15-9-5-10-16-19)2-4-8-14-20-17-11-6-12-18-20/h1-6,9-12,15-18H. The minimum atomic E-state index is 1.02. The Morgan fingerprint density at radius 3 is 1.35 bits per heavy atom. The molecule has 0 amide bonds. The van der Waals surface area contributed by atoms with Crippen LogP contribution in [-0.4, -0.2) is 0 Å². The van der Waals surface area contributed by atoms with E-state index in [9.17, 15) is 0 Å². The molecule has 0 spiro atoms. The van der Waals surface area contributed by atoms with Gasteiger partial charge in [0.15, 0.2) is 0 Å². The molecule has 20 heavy (non-hydrogen) atoms. The van der Waals surface area contributed by atoms with E-state index in [4.69, 9.17) is 0 Å². The van der Waals surface area contributed by atoms with E-state index < -0.39 is 0 Å². The van der Waals surface area contributed by atoms with Gasteiger partial charge in [-0.3, -0.25) is 0 Å². The van der Waals surface area contributed by atoms with E-state index in [-0.39, 0.29) is 0 Å². The molecule has 94 valence electrons. The van der Waals surface area contributed by atoms with E-state index in [1.807, 2.05) is 85.0 Å². The third kappa shape index (κ3) is 5.13. The van der Waals surface area contributed by atoms with Gasteiger partial charge >= 0.3 is 0 Å². The smallest absolute Gasteiger partial charge is 0.0248 e. The molecular weight excluding hydrogens is 240 g/mol. The Morgan fingerprint density at radius 2 is 0.950 bits per heavy atom. The van der Waals surface area contributed by atoms with Crippen molar-refractivity contribution in [1.29, 1.82) is 0 Å². The Balaban J connectivity index is 1.84. The quantitative estimate of drug-likeness (QED) is 0.528. The van der Waals surface area contributed by atoms with Crippen LogP contribution in [0.25, 0.3) is 0 Å². The maximum atomic E-state index is 3.05. The summed E-state index contributed by atoms with van der Waals surface area (Å²) in [4.78, 5) is 0. The van der Waals surface area contributed by atoms with Crippen molar-refractivity contribution in [2.45, 2.75) is 0 Å². The summed E-state index contributed by atoms with van der Waals surface area (Å²) in [5, 5.41) is 0. The number of allylic oxidation sites excluding steroid dienone is 4. The SMILES string of the molecule is C(#Cc1ccccc1)C=CC=CC#Cc1ccccc1. The van der Waals surface area contributed by atoms with Gasteiger partial charge in [-0.25, -0.2) is 0 Å². The highest BCUT2D eigenvalue weighted by Crippen LogP contribution is 1.95. The molecule has 0 atom stereocenters. The molecule has 2 aromatic carbocycles. The second kappa shape index (κ2) is 8.20. The maximum Gasteiger partial charge on any atom is 0.0248 e. The third-order valence-corrected chi connectivity index (χ3v) is 2.45. The van der Waals surface area contributed by atoms with Crippen molar-refractivity contribution in [3.05, 3.63) is 96.1 Å². The Morgan fingerprint density at radius 1 is 0.550 bits per heavy atom. The van der Waals surface area contributed by atoms with Crippen LogP contribution in [0.5, 0.6) is 0 Å². The number of hydrogen-bond donors (Lipinski definition) is 0. The van der Waals surface area contributed by atoms with E-state index >= 15 is 0 Å². The average Bonchev–Trinajstić information content (AvgIpc) is 2.52. The normalized spacial score (nSPS) is 9.80. The first-order valence-electron chi connectivity index (χ1n) is 6.40. The minimum Gasteiger partial charge on any atom is -0.0696 e. The first-order valence-corrected chi connectivity index (χ1v) is 6.40. The van der Waals surface area contributed by atoms with Crippen molar-refractivity contribution >= 4 is 0 Å². The van der Waals surface area contributed by atoms with Crippen LogP contribution < -0.4 is 0 Å². The Bertz CT molecular complexity index is 631. The molecular formula is C20H14. The molecule has 0 N–H and O–H groups in total. The van der Waals surface area contributed by atoms with Gasteiger partial charge in [0.1, 0.15) is 0 Å². The second-order valence-electron chi connectivity index (χ2n) is 3.99. The average molecular weight is 254 g/mol. The summed E-state index contributed by atoms with van der Waals surface area (Å²) in [7, 11) is 0. The number of benzene rings is 2. The fourth-order valence-corrected chi connectivity index (χ4v) is 1.50. The number of hydrogen-bond acceptors (Lipinski definition) is 0. The van der Waals surface area contributed by atoms with Crippen molar-refractivity contribution in [1.82, 2.24) is 0 Å². The largest absolute Gasteiger partial charge is 0.0696 e. The third-order valence-electron chi connectivity index (χ3n) is 2.45. The van der Waals surface area contributed by atoms with E-state index in [0.717, 1.165) is 11.1 Å². The number of rotatable bonds is 1. The molecule has 0 saturated carbocycles. The van der Waals surface area contributed by atoms with Crippen LogP contribution in [0.3, 0.4) is 0 Å². The molecule has 0 aromatic heterocycles. The van der Waals surface area contributed by atoms with E-state index in [2.05, 4.69) is 23.7 Å². The van der Waals surface area contributed by atoms with Crippen LogP contribution >= 0.6 is 0 Å². The summed E-state index contributed by atoms with van der Waals surface area (Å²) >= 11 is 0. The zero-order valence-corrected chi connectivity index (χ0v) is 11.1. The van der Waals surface area contributed by atoms with Gasteiger partial charge in [-0.1, -0.05) is 72.2 Å². The van der Waals surface area contributed by atoms with Gasteiger partial charge in [-0.15, -0.1) is 0 Å². The lowest BCUT2D eigenvalue weighted by atomic mass is 10.2. The predicted molar refractivity (Wildman–Crippen MR) is 84.9 cm³/mol. The lowest BCUT2D eigenvalue weighted by Gasteiger charge is -1.84. The topological polar surface area (TPSA) is 0 Å². The zero-order valence-electron chi connectivity index (χ0n) is 11.1. The van der Waals surface area contributed by atoms with Gasteiger partial charge in [0.05, 0.1) is 0 Å². The second-order valence-corrected chi connectivity index (χ2v) is 3.99. The fraction of sp³-hybridized carbons (Fsp3) is 0. The minimum absolute atomic E-state index is 1.02. The molecule has 2 aromatic rings. The predicted octanol–water partition coefficient (Wildman–Crippen LogP) is 4.20. The molecule has 0 fully saturated rings. The monoisotopic (exact) mass is 254 g/mol. The molecule has 0 aliphatic rings. The Hall–Kier alpha value is -2.96. The van der Waals surface area contributed by atoms with Gasteiger partial charge in [0, 0.05) is 11.1 Å². The Kier molecular flexibility index (Phi) is 5.52. The molecule has 0 bridgehead atoms. The van der Waals surface area contributed by atoms with Crippen molar-refractivity contribution in [2.24, 2.45) is 0 Å². The van der Waals surface area contributed by atoms with Crippen LogP contribution in [0.4, 0.5) is 0 Å². The van der Waals surface area contributed by atoms with Crippen LogP contribution in [0, 0.1) is 23.7 Å². The Labute approximate surface area is 120 Å². The summed E-state index contributed by atoms with van der Waals surface area (Å²) in [6, 6.07) is 19.8. The van der Waals surface area contributed by atoms with E-state index in [1.54, 1.807) is 0 Å². The van der Waals surface area contributed by atoms with Gasteiger partial charge in [-0.2, -0.15) is 0 Å². The molecule has 0 radical (unpaired) electrons. The molecule has 0 heterocycles. The van der Waals surface area contributed by atoms with Crippen LogP contribution in [-0.2, 0) is 0 Å². The summed E-state index contributed by atoms with van der Waals surface area (Å²) < 4.78 is 0. The molecule has 0 nitrogen and oxygen atoms in total. The molecule has 2 rings (SSSR count). The lowest BCUT2D eigenvalue weighted by Crippen LogP contribution is -1.69. The van der Waals surface area contributed by atoms with Gasteiger partial charge < -0.3 is 0 Å². The van der Waals surface area contributed by atoms with Gasteiger partial charge in [-0.05, 0) is 36.4 Å². The maximum absolute atomic E-state index is 3.05. The van der Waals surface area contributed by atoms with Crippen molar-refractivity contribution in [3.8, 4) is 23.7 Å². The van der Waals surface area contributed by atoms with Gasteiger partial charge in [0.2, 0.25) is 0 Å². The van der Waals surface area contributed by atoms with Crippen LogP contribution in [0.15, 0.2) is 85.0 Å². The summed E-state index contributed by atoms with van der Waals surface area (Å²) in [6.07, 6.45) is 7.40.